The van der Waals surface area contributed by atoms with Gasteiger partial charge in [0.1, 0.15) is 10.0 Å². The number of nitrogens with zero attached hydrogens (tertiary/aromatic N) is 1. The zero-order valence-electron chi connectivity index (χ0n) is 10.3. The third kappa shape index (κ3) is 2.99. The standard InChI is InChI=1S/C11H12ClN3O2S2/c1-6-4-9(18-10(6)12)19(16,17)15-11-7(2)3-8(13)5-14-11/h3-5H,13H2,1-2H3,(H,14,15). The molecule has 8 heteroatoms. The summed E-state index contributed by atoms with van der Waals surface area (Å²) in [4.78, 5) is 3.97. The van der Waals surface area contributed by atoms with E-state index in [-0.39, 0.29) is 10.0 Å². The van der Waals surface area contributed by atoms with E-state index in [1.165, 1.54) is 12.3 Å². The second kappa shape index (κ2) is 4.99. The van der Waals surface area contributed by atoms with Gasteiger partial charge in [0, 0.05) is 0 Å². The maximum Gasteiger partial charge on any atom is 0.272 e. The van der Waals surface area contributed by atoms with Gasteiger partial charge in [0.15, 0.2) is 0 Å². The fourth-order valence-electron chi connectivity index (χ4n) is 1.45. The molecule has 0 spiro atoms. The molecule has 0 radical (unpaired) electrons. The first kappa shape index (κ1) is 14.1. The molecule has 0 bridgehead atoms. The van der Waals surface area contributed by atoms with E-state index in [2.05, 4.69) is 9.71 Å². The Morgan fingerprint density at radius 2 is 2.00 bits per heavy atom. The van der Waals surface area contributed by atoms with Gasteiger partial charge in [-0.2, -0.15) is 0 Å². The van der Waals surface area contributed by atoms with Crippen LogP contribution in [0.25, 0.3) is 0 Å². The maximum absolute atomic E-state index is 12.2. The lowest BCUT2D eigenvalue weighted by atomic mass is 10.3. The highest BCUT2D eigenvalue weighted by atomic mass is 35.5. The van der Waals surface area contributed by atoms with Crippen molar-refractivity contribution in [2.24, 2.45) is 0 Å². The summed E-state index contributed by atoms with van der Waals surface area (Å²) >= 11 is 6.90. The van der Waals surface area contributed by atoms with Crippen molar-refractivity contribution < 1.29 is 8.42 Å². The molecule has 0 saturated heterocycles. The Morgan fingerprint density at radius 3 is 2.53 bits per heavy atom. The first-order chi connectivity index (χ1) is 8.79. The monoisotopic (exact) mass is 317 g/mol. The molecule has 2 heterocycles. The molecule has 0 aromatic carbocycles. The highest BCUT2D eigenvalue weighted by Gasteiger charge is 2.19. The molecule has 2 aromatic heterocycles. The van der Waals surface area contributed by atoms with Gasteiger partial charge in [-0.25, -0.2) is 13.4 Å². The fourth-order valence-corrected chi connectivity index (χ4v) is 4.23. The minimum Gasteiger partial charge on any atom is -0.397 e. The molecular weight excluding hydrogens is 306 g/mol. The van der Waals surface area contributed by atoms with E-state index < -0.39 is 10.0 Å². The van der Waals surface area contributed by atoms with Crippen LogP contribution in [0.5, 0.6) is 0 Å². The van der Waals surface area contributed by atoms with Crippen LogP contribution >= 0.6 is 22.9 Å². The topological polar surface area (TPSA) is 85.1 Å². The third-order valence-electron chi connectivity index (χ3n) is 2.43. The number of anilines is 2. The van der Waals surface area contributed by atoms with Gasteiger partial charge < -0.3 is 5.73 Å². The van der Waals surface area contributed by atoms with Gasteiger partial charge in [-0.15, -0.1) is 11.3 Å². The molecule has 102 valence electrons. The average Bonchev–Trinajstić information content (AvgIpc) is 2.64. The highest BCUT2D eigenvalue weighted by molar-refractivity contribution is 7.94. The molecule has 19 heavy (non-hydrogen) atoms. The minimum absolute atomic E-state index is 0.160. The molecule has 0 aliphatic rings. The van der Waals surface area contributed by atoms with Crippen molar-refractivity contribution in [1.82, 2.24) is 4.98 Å². The number of aromatic nitrogens is 1. The summed E-state index contributed by atoms with van der Waals surface area (Å²) in [5.41, 5.74) is 7.44. The van der Waals surface area contributed by atoms with E-state index >= 15 is 0 Å². The van der Waals surface area contributed by atoms with Gasteiger partial charge in [0.2, 0.25) is 0 Å². The first-order valence-corrected chi connectivity index (χ1v) is 7.98. The molecule has 0 fully saturated rings. The largest absolute Gasteiger partial charge is 0.397 e. The van der Waals surface area contributed by atoms with Crippen LogP contribution in [0.2, 0.25) is 4.34 Å². The molecule has 0 aliphatic carbocycles. The minimum atomic E-state index is -3.67. The number of nitrogens with two attached hydrogens (primary N) is 1. The van der Waals surface area contributed by atoms with Crippen molar-refractivity contribution in [3.8, 4) is 0 Å². The van der Waals surface area contributed by atoms with E-state index in [9.17, 15) is 8.42 Å². The SMILES string of the molecule is Cc1cc(N)cnc1NS(=O)(=O)c1cc(C)c(Cl)s1. The number of hydrogen-bond acceptors (Lipinski definition) is 5. The summed E-state index contributed by atoms with van der Waals surface area (Å²) in [6, 6.07) is 3.18. The third-order valence-corrected chi connectivity index (χ3v) is 5.80. The van der Waals surface area contributed by atoms with Crippen LogP contribution in [0.1, 0.15) is 11.1 Å². The second-order valence-electron chi connectivity index (χ2n) is 4.06. The Morgan fingerprint density at radius 1 is 1.32 bits per heavy atom. The van der Waals surface area contributed by atoms with Crippen LogP contribution in [0.4, 0.5) is 11.5 Å². The lowest BCUT2D eigenvalue weighted by molar-refractivity contribution is 0.603. The number of halogens is 1. The predicted molar refractivity (Wildman–Crippen MR) is 78.3 cm³/mol. The summed E-state index contributed by atoms with van der Waals surface area (Å²) < 4.78 is 27.4. The second-order valence-corrected chi connectivity index (χ2v) is 7.63. The Bertz CT molecular complexity index is 706. The van der Waals surface area contributed by atoms with Crippen LogP contribution in [0, 0.1) is 13.8 Å². The van der Waals surface area contributed by atoms with Crippen molar-refractivity contribution in [2.45, 2.75) is 18.1 Å². The van der Waals surface area contributed by atoms with E-state index in [1.54, 1.807) is 19.9 Å². The van der Waals surface area contributed by atoms with Gasteiger partial charge in [-0.3, -0.25) is 4.72 Å². The smallest absolute Gasteiger partial charge is 0.272 e. The van der Waals surface area contributed by atoms with E-state index in [0.717, 1.165) is 16.9 Å². The number of sulfonamides is 1. The molecule has 2 rings (SSSR count). The molecular formula is C11H12ClN3O2S2. The van der Waals surface area contributed by atoms with Crippen molar-refractivity contribution in [3.05, 3.63) is 33.8 Å². The summed E-state index contributed by atoms with van der Waals surface area (Å²) in [5.74, 6) is 0.261. The zero-order valence-corrected chi connectivity index (χ0v) is 12.7. The van der Waals surface area contributed by atoms with Gasteiger partial charge in [-0.1, -0.05) is 11.6 Å². The molecule has 0 atom stereocenters. The van der Waals surface area contributed by atoms with Gasteiger partial charge in [-0.05, 0) is 37.1 Å². The Hall–Kier alpha value is -1.31. The number of aryl methyl sites for hydroxylation is 2. The lowest BCUT2D eigenvalue weighted by Gasteiger charge is -2.08. The molecule has 2 aromatic rings. The summed E-state index contributed by atoms with van der Waals surface area (Å²) in [5, 5.41) is 0. The Balaban J connectivity index is 2.36. The number of nitrogen functional groups attached to an aromatic ring is 1. The zero-order chi connectivity index (χ0) is 14.2. The Kier molecular flexibility index (Phi) is 3.71. The number of nitrogens with one attached hydrogen (secondary N) is 1. The lowest BCUT2D eigenvalue weighted by Crippen LogP contribution is -2.13. The van der Waals surface area contributed by atoms with Crippen molar-refractivity contribution in [1.29, 1.82) is 0 Å². The number of rotatable bonds is 3. The van der Waals surface area contributed by atoms with Crippen molar-refractivity contribution >= 4 is 44.5 Å². The normalized spacial score (nSPS) is 11.5. The number of pyridine rings is 1. The highest BCUT2D eigenvalue weighted by Crippen LogP contribution is 2.31. The molecule has 3 N–H and O–H groups in total. The average molecular weight is 318 g/mol. The molecule has 0 amide bonds. The van der Waals surface area contributed by atoms with Gasteiger partial charge >= 0.3 is 0 Å². The number of thiophene rings is 1. The molecule has 0 saturated carbocycles. The van der Waals surface area contributed by atoms with E-state index in [0.29, 0.717) is 15.6 Å². The first-order valence-electron chi connectivity index (χ1n) is 5.30. The Labute approximate surface area is 120 Å². The van der Waals surface area contributed by atoms with Crippen LogP contribution in [0.3, 0.4) is 0 Å². The number of hydrogen-bond donors (Lipinski definition) is 2. The van der Waals surface area contributed by atoms with Crippen LogP contribution in [0.15, 0.2) is 22.5 Å². The summed E-state index contributed by atoms with van der Waals surface area (Å²) in [7, 11) is -3.67. The van der Waals surface area contributed by atoms with Crippen LogP contribution in [-0.2, 0) is 10.0 Å². The maximum atomic E-state index is 12.2. The predicted octanol–water partition coefficient (Wildman–Crippen LogP) is 2.80. The quantitative estimate of drug-likeness (QED) is 0.911. The van der Waals surface area contributed by atoms with Crippen molar-refractivity contribution in [3.63, 3.8) is 0 Å². The van der Waals surface area contributed by atoms with Crippen LogP contribution in [-0.4, -0.2) is 13.4 Å². The molecule has 0 aliphatic heterocycles. The van der Waals surface area contributed by atoms with Crippen LogP contribution < -0.4 is 10.5 Å². The van der Waals surface area contributed by atoms with E-state index in [1.807, 2.05) is 0 Å². The van der Waals surface area contributed by atoms with E-state index in [4.69, 9.17) is 17.3 Å². The fraction of sp³-hybridized carbons (Fsp3) is 0.182. The van der Waals surface area contributed by atoms with Gasteiger partial charge in [0.05, 0.1) is 16.2 Å². The summed E-state index contributed by atoms with van der Waals surface area (Å²) in [6.07, 6.45) is 1.40. The van der Waals surface area contributed by atoms with Crippen molar-refractivity contribution in [2.75, 3.05) is 10.5 Å². The van der Waals surface area contributed by atoms with Gasteiger partial charge in [0.25, 0.3) is 10.0 Å². The molecule has 5 nitrogen and oxygen atoms in total. The summed E-state index contributed by atoms with van der Waals surface area (Å²) in [6.45, 7) is 3.48. The molecule has 0 unspecified atom stereocenters.